The second kappa shape index (κ2) is 8.19. The first-order chi connectivity index (χ1) is 11.7. The van der Waals surface area contributed by atoms with Crippen LogP contribution in [0.1, 0.15) is 38.3 Å². The van der Waals surface area contributed by atoms with Crippen LogP contribution in [0.5, 0.6) is 5.75 Å². The smallest absolute Gasteiger partial charge is 0.223 e. The molecule has 1 aromatic rings. The number of sulfonamides is 1. The number of carbonyl (C=O) groups excluding carboxylic acids is 1. The molecule has 1 aliphatic heterocycles. The van der Waals surface area contributed by atoms with E-state index < -0.39 is 10.0 Å². The minimum absolute atomic E-state index is 0.00247. The summed E-state index contributed by atoms with van der Waals surface area (Å²) >= 11 is 0. The summed E-state index contributed by atoms with van der Waals surface area (Å²) in [6, 6.07) is 7.64. The molecule has 1 fully saturated rings. The molecule has 0 bridgehead atoms. The van der Waals surface area contributed by atoms with E-state index in [9.17, 15) is 13.2 Å². The van der Waals surface area contributed by atoms with Gasteiger partial charge in [0.1, 0.15) is 5.75 Å². The molecule has 2 rings (SSSR count). The largest absolute Gasteiger partial charge is 0.497 e. The molecule has 1 amide bonds. The van der Waals surface area contributed by atoms with Gasteiger partial charge in [-0.1, -0.05) is 26.0 Å². The molecule has 1 heterocycles. The lowest BCUT2D eigenvalue weighted by atomic mass is 9.92. The van der Waals surface area contributed by atoms with Crippen LogP contribution in [0.4, 0.5) is 0 Å². The van der Waals surface area contributed by atoms with Gasteiger partial charge in [0, 0.05) is 19.0 Å². The first-order valence-corrected chi connectivity index (χ1v) is 10.5. The number of hydrogen-bond donors (Lipinski definition) is 1. The Balaban J connectivity index is 2.01. The van der Waals surface area contributed by atoms with Crippen LogP contribution in [0.25, 0.3) is 0 Å². The Morgan fingerprint density at radius 1 is 1.20 bits per heavy atom. The molecule has 7 heteroatoms. The van der Waals surface area contributed by atoms with Crippen LogP contribution in [-0.4, -0.2) is 45.1 Å². The number of methoxy groups -OCH3 is 1. The minimum atomic E-state index is -3.17. The lowest BCUT2D eigenvalue weighted by molar-refractivity contribution is -0.127. The first kappa shape index (κ1) is 19.7. The molecular formula is C18H28N2O4S. The molecule has 0 saturated carbocycles. The van der Waals surface area contributed by atoms with Crippen LogP contribution in [0, 0.1) is 11.8 Å². The number of nitrogens with zero attached hydrogens (tertiary/aromatic N) is 1. The molecule has 1 atom stereocenters. The number of piperidine rings is 1. The number of ether oxygens (including phenoxy) is 1. The van der Waals surface area contributed by atoms with Gasteiger partial charge in [0.25, 0.3) is 0 Å². The third kappa shape index (κ3) is 5.19. The molecule has 140 valence electrons. The highest BCUT2D eigenvalue weighted by molar-refractivity contribution is 7.88. The summed E-state index contributed by atoms with van der Waals surface area (Å²) in [5, 5.41) is 3.15. The fraction of sp³-hybridized carbons (Fsp3) is 0.611. The lowest BCUT2D eigenvalue weighted by Crippen LogP contribution is -2.44. The SMILES string of the molecule is COc1ccc(C(NC(=O)C2CCN(S(C)(=O)=O)CC2)C(C)C)cc1. The zero-order valence-corrected chi connectivity index (χ0v) is 16.2. The second-order valence-electron chi connectivity index (χ2n) is 6.94. The van der Waals surface area contributed by atoms with E-state index in [0.29, 0.717) is 25.9 Å². The Hall–Kier alpha value is -1.60. The topological polar surface area (TPSA) is 75.7 Å². The quantitative estimate of drug-likeness (QED) is 0.835. The van der Waals surface area contributed by atoms with Gasteiger partial charge in [-0.15, -0.1) is 0 Å². The molecule has 0 radical (unpaired) electrons. The van der Waals surface area contributed by atoms with Gasteiger partial charge in [-0.3, -0.25) is 4.79 Å². The number of benzene rings is 1. The number of amides is 1. The fourth-order valence-electron chi connectivity index (χ4n) is 3.17. The maximum Gasteiger partial charge on any atom is 0.223 e. The monoisotopic (exact) mass is 368 g/mol. The molecule has 1 unspecified atom stereocenters. The summed E-state index contributed by atoms with van der Waals surface area (Å²) in [7, 11) is -1.55. The molecule has 1 saturated heterocycles. The Bertz CT molecular complexity index is 678. The molecule has 1 N–H and O–H groups in total. The highest BCUT2D eigenvalue weighted by atomic mass is 32.2. The molecule has 1 aromatic carbocycles. The van der Waals surface area contributed by atoms with Gasteiger partial charge in [-0.05, 0) is 36.5 Å². The predicted octanol–water partition coefficient (Wildman–Crippen LogP) is 2.18. The van der Waals surface area contributed by atoms with Crippen molar-refractivity contribution < 1.29 is 17.9 Å². The van der Waals surface area contributed by atoms with Gasteiger partial charge in [0.15, 0.2) is 0 Å². The van der Waals surface area contributed by atoms with Crippen molar-refractivity contribution in [2.45, 2.75) is 32.7 Å². The van der Waals surface area contributed by atoms with Crippen molar-refractivity contribution in [1.29, 1.82) is 0 Å². The van der Waals surface area contributed by atoms with Gasteiger partial charge in [0.05, 0.1) is 19.4 Å². The van der Waals surface area contributed by atoms with Crippen molar-refractivity contribution in [3.8, 4) is 5.75 Å². The van der Waals surface area contributed by atoms with Crippen LogP contribution in [-0.2, 0) is 14.8 Å². The molecule has 1 aliphatic rings. The zero-order chi connectivity index (χ0) is 18.6. The van der Waals surface area contributed by atoms with E-state index in [1.165, 1.54) is 10.6 Å². The molecule has 0 spiro atoms. The van der Waals surface area contributed by atoms with E-state index in [0.717, 1.165) is 11.3 Å². The van der Waals surface area contributed by atoms with Crippen LogP contribution >= 0.6 is 0 Å². The van der Waals surface area contributed by atoms with E-state index in [4.69, 9.17) is 4.74 Å². The summed E-state index contributed by atoms with van der Waals surface area (Å²) < 4.78 is 29.8. The molecule has 25 heavy (non-hydrogen) atoms. The van der Waals surface area contributed by atoms with Gasteiger partial charge in [0.2, 0.25) is 15.9 Å². The summed E-state index contributed by atoms with van der Waals surface area (Å²) in [5.41, 5.74) is 1.04. The third-order valence-corrected chi connectivity index (χ3v) is 6.04. The highest BCUT2D eigenvalue weighted by Gasteiger charge is 2.30. The first-order valence-electron chi connectivity index (χ1n) is 8.62. The normalized spacial score (nSPS) is 18.1. The maximum absolute atomic E-state index is 12.7. The number of nitrogens with one attached hydrogen (secondary N) is 1. The number of rotatable bonds is 6. The van der Waals surface area contributed by atoms with Gasteiger partial charge >= 0.3 is 0 Å². The van der Waals surface area contributed by atoms with Crippen molar-refractivity contribution in [2.75, 3.05) is 26.5 Å². The van der Waals surface area contributed by atoms with Crippen molar-refractivity contribution >= 4 is 15.9 Å². The lowest BCUT2D eigenvalue weighted by Gasteiger charge is -2.31. The zero-order valence-electron chi connectivity index (χ0n) is 15.4. The minimum Gasteiger partial charge on any atom is -0.497 e. The Morgan fingerprint density at radius 3 is 2.20 bits per heavy atom. The Morgan fingerprint density at radius 2 is 1.76 bits per heavy atom. The predicted molar refractivity (Wildman–Crippen MR) is 97.9 cm³/mol. The van der Waals surface area contributed by atoms with E-state index >= 15 is 0 Å². The van der Waals surface area contributed by atoms with Crippen LogP contribution in [0.15, 0.2) is 24.3 Å². The summed E-state index contributed by atoms with van der Waals surface area (Å²) in [6.07, 6.45) is 2.34. The Kier molecular flexibility index (Phi) is 6.46. The van der Waals surface area contributed by atoms with E-state index in [1.807, 2.05) is 24.3 Å². The van der Waals surface area contributed by atoms with Crippen molar-refractivity contribution in [3.05, 3.63) is 29.8 Å². The van der Waals surface area contributed by atoms with Crippen LogP contribution in [0.2, 0.25) is 0 Å². The van der Waals surface area contributed by atoms with Crippen molar-refractivity contribution in [3.63, 3.8) is 0 Å². The van der Waals surface area contributed by atoms with Gasteiger partial charge < -0.3 is 10.1 Å². The molecule has 0 aromatic heterocycles. The second-order valence-corrected chi connectivity index (χ2v) is 8.92. The average molecular weight is 368 g/mol. The Labute approximate surface area is 150 Å². The highest BCUT2D eigenvalue weighted by Crippen LogP contribution is 2.26. The molecule has 6 nitrogen and oxygen atoms in total. The maximum atomic E-state index is 12.7. The number of hydrogen-bond acceptors (Lipinski definition) is 4. The van der Waals surface area contributed by atoms with E-state index in [1.54, 1.807) is 7.11 Å². The van der Waals surface area contributed by atoms with Crippen LogP contribution in [0.3, 0.4) is 0 Å². The molecule has 0 aliphatic carbocycles. The van der Waals surface area contributed by atoms with Crippen molar-refractivity contribution in [2.24, 2.45) is 11.8 Å². The summed E-state index contributed by atoms with van der Waals surface area (Å²) in [4.78, 5) is 12.7. The number of carbonyl (C=O) groups is 1. The van der Waals surface area contributed by atoms with E-state index in [-0.39, 0.29) is 23.8 Å². The van der Waals surface area contributed by atoms with E-state index in [2.05, 4.69) is 19.2 Å². The third-order valence-electron chi connectivity index (χ3n) is 4.73. The van der Waals surface area contributed by atoms with Gasteiger partial charge in [-0.2, -0.15) is 0 Å². The van der Waals surface area contributed by atoms with Crippen molar-refractivity contribution in [1.82, 2.24) is 9.62 Å². The van der Waals surface area contributed by atoms with Crippen LogP contribution < -0.4 is 10.1 Å². The average Bonchev–Trinajstić information content (AvgIpc) is 2.58. The fourth-order valence-corrected chi connectivity index (χ4v) is 4.04. The van der Waals surface area contributed by atoms with Gasteiger partial charge in [-0.25, -0.2) is 12.7 Å². The summed E-state index contributed by atoms with van der Waals surface area (Å²) in [6.45, 7) is 4.96. The standard InChI is InChI=1S/C18H28N2O4S/c1-13(2)17(14-5-7-16(24-3)8-6-14)19-18(21)15-9-11-20(12-10-15)25(4,22)23/h5-8,13,15,17H,9-12H2,1-4H3,(H,19,21). The molecular weight excluding hydrogens is 340 g/mol. The summed E-state index contributed by atoms with van der Waals surface area (Å²) in [5.74, 6) is 0.888.